The monoisotopic (exact) mass is 551 g/mol. The number of hydrogen-bond donors (Lipinski definition) is 2. The minimum absolute atomic E-state index is 0.0697. The molecule has 0 spiro atoms. The van der Waals surface area contributed by atoms with E-state index in [1.807, 2.05) is 23.1 Å². The number of ether oxygens (including phenoxy) is 1. The Bertz CT molecular complexity index is 1060. The molecule has 0 unspecified atom stereocenters. The maximum Gasteiger partial charge on any atom is 0.490 e. The Labute approximate surface area is 212 Å². The minimum atomic E-state index is -5.08. The van der Waals surface area contributed by atoms with Gasteiger partial charge < -0.3 is 19.8 Å². The van der Waals surface area contributed by atoms with E-state index in [0.29, 0.717) is 24.0 Å². The molecule has 2 fully saturated rings. The van der Waals surface area contributed by atoms with Gasteiger partial charge in [0.15, 0.2) is 0 Å². The van der Waals surface area contributed by atoms with Crippen molar-refractivity contribution in [3.05, 3.63) is 54.5 Å². The number of nitrogens with zero attached hydrogens (tertiary/aromatic N) is 3. The van der Waals surface area contributed by atoms with Crippen LogP contribution in [0.5, 0.6) is 5.88 Å². The quantitative estimate of drug-likeness (QED) is 0.545. The van der Waals surface area contributed by atoms with Gasteiger partial charge >= 0.3 is 24.3 Å². The van der Waals surface area contributed by atoms with E-state index in [-0.39, 0.29) is 11.3 Å². The van der Waals surface area contributed by atoms with Crippen molar-refractivity contribution in [1.82, 2.24) is 14.9 Å². The minimum Gasteiger partial charge on any atom is -0.477 e. The Kier molecular flexibility index (Phi) is 10.0. The van der Waals surface area contributed by atoms with Crippen LogP contribution in [0, 0.1) is 11.3 Å². The van der Waals surface area contributed by atoms with Gasteiger partial charge in [0.2, 0.25) is 5.88 Å². The van der Waals surface area contributed by atoms with E-state index in [1.54, 1.807) is 30.7 Å². The molecule has 0 radical (unpaired) electrons. The molecule has 1 aliphatic heterocycles. The molecule has 15 heteroatoms. The lowest BCUT2D eigenvalue weighted by Crippen LogP contribution is -2.35. The highest BCUT2D eigenvalue weighted by Gasteiger charge is 2.51. The zero-order chi connectivity index (χ0) is 28.6. The summed E-state index contributed by atoms with van der Waals surface area (Å²) in [5.41, 5.74) is 0.783. The van der Waals surface area contributed by atoms with Gasteiger partial charge in [-0.25, -0.2) is 14.6 Å². The highest BCUT2D eigenvalue weighted by atomic mass is 19.4. The van der Waals surface area contributed by atoms with Gasteiger partial charge in [-0.05, 0) is 37.0 Å². The van der Waals surface area contributed by atoms with Crippen LogP contribution in [-0.4, -0.2) is 75.0 Å². The fraction of sp³-hybridized carbons (Fsp3) is 0.435. The van der Waals surface area contributed by atoms with Crippen LogP contribution in [0.3, 0.4) is 0 Å². The molecule has 2 aromatic heterocycles. The lowest BCUT2D eigenvalue weighted by Gasteiger charge is -2.28. The first-order valence-corrected chi connectivity index (χ1v) is 11.0. The molecule has 0 bridgehead atoms. The predicted molar refractivity (Wildman–Crippen MR) is 117 cm³/mol. The van der Waals surface area contributed by atoms with Crippen LogP contribution in [0.15, 0.2) is 48.9 Å². The molecule has 9 nitrogen and oxygen atoms in total. The largest absolute Gasteiger partial charge is 0.490 e. The second-order valence-electron chi connectivity index (χ2n) is 8.44. The summed E-state index contributed by atoms with van der Waals surface area (Å²) >= 11 is 0. The molecule has 1 amide bonds. The van der Waals surface area contributed by atoms with E-state index < -0.39 is 24.3 Å². The number of amides is 1. The van der Waals surface area contributed by atoms with Crippen LogP contribution in [0.4, 0.5) is 26.3 Å². The van der Waals surface area contributed by atoms with Gasteiger partial charge in [0.25, 0.3) is 5.91 Å². The van der Waals surface area contributed by atoms with Crippen LogP contribution >= 0.6 is 0 Å². The maximum absolute atomic E-state index is 12.7. The zero-order valence-corrected chi connectivity index (χ0v) is 19.6. The summed E-state index contributed by atoms with van der Waals surface area (Å²) in [7, 11) is 0. The van der Waals surface area contributed by atoms with Crippen molar-refractivity contribution < 1.29 is 55.7 Å². The molecule has 0 aromatic carbocycles. The van der Waals surface area contributed by atoms with Gasteiger partial charge in [0.05, 0.1) is 6.61 Å². The second-order valence-corrected chi connectivity index (χ2v) is 8.44. The van der Waals surface area contributed by atoms with Crippen molar-refractivity contribution >= 4 is 17.8 Å². The average molecular weight is 551 g/mol. The van der Waals surface area contributed by atoms with Gasteiger partial charge in [0.1, 0.15) is 0 Å². The molecule has 2 N–H and O–H groups in total. The predicted octanol–water partition coefficient (Wildman–Crippen LogP) is 4.06. The first kappa shape index (κ1) is 30.3. The summed E-state index contributed by atoms with van der Waals surface area (Å²) in [6.45, 7) is 2.23. The van der Waals surface area contributed by atoms with Crippen molar-refractivity contribution in [1.29, 1.82) is 0 Å². The summed E-state index contributed by atoms with van der Waals surface area (Å²) in [5, 5.41) is 14.2. The van der Waals surface area contributed by atoms with Crippen LogP contribution in [0.1, 0.15) is 29.6 Å². The number of pyridine rings is 2. The van der Waals surface area contributed by atoms with E-state index in [4.69, 9.17) is 24.5 Å². The summed E-state index contributed by atoms with van der Waals surface area (Å²) in [6, 6.07) is 9.27. The summed E-state index contributed by atoms with van der Waals surface area (Å²) in [6.07, 6.45) is -1.58. The van der Waals surface area contributed by atoms with Crippen molar-refractivity contribution in [3.8, 4) is 5.88 Å². The molecule has 38 heavy (non-hydrogen) atoms. The van der Waals surface area contributed by atoms with Crippen LogP contribution in [-0.2, 0) is 9.59 Å². The van der Waals surface area contributed by atoms with E-state index in [1.165, 1.54) is 12.8 Å². The van der Waals surface area contributed by atoms with Crippen LogP contribution in [0.2, 0.25) is 0 Å². The molecule has 2 aliphatic rings. The highest BCUT2D eigenvalue weighted by Crippen LogP contribution is 2.49. The van der Waals surface area contributed by atoms with E-state index in [9.17, 15) is 31.1 Å². The number of aliphatic carboxylic acids is 2. The zero-order valence-electron chi connectivity index (χ0n) is 19.6. The number of fused-ring (bicyclic) bond motifs is 1. The highest BCUT2D eigenvalue weighted by molar-refractivity contribution is 5.94. The molecule has 2 aromatic rings. The van der Waals surface area contributed by atoms with Crippen molar-refractivity contribution in [2.75, 3.05) is 19.7 Å². The number of carboxylic acid groups (broad SMARTS) is 2. The Morgan fingerprint density at radius 1 is 0.974 bits per heavy atom. The van der Waals surface area contributed by atoms with Gasteiger partial charge in [-0.2, -0.15) is 26.3 Å². The Morgan fingerprint density at radius 2 is 1.55 bits per heavy atom. The van der Waals surface area contributed by atoms with Crippen LogP contribution < -0.4 is 4.74 Å². The first-order chi connectivity index (χ1) is 17.7. The fourth-order valence-corrected chi connectivity index (χ4v) is 4.13. The number of aromatic nitrogens is 2. The smallest absolute Gasteiger partial charge is 0.477 e. The third kappa shape index (κ3) is 8.59. The summed E-state index contributed by atoms with van der Waals surface area (Å²) < 4.78 is 69.4. The number of carboxylic acids is 2. The maximum atomic E-state index is 12.7. The molecule has 1 aliphatic carbocycles. The Balaban J connectivity index is 0.000000301. The number of carbonyl (C=O) groups excluding carboxylic acids is 1. The third-order valence-corrected chi connectivity index (χ3v) is 5.88. The average Bonchev–Trinajstić information content (AvgIpc) is 3.41. The molecule has 2 atom stereocenters. The number of hydrogen-bond acceptors (Lipinski definition) is 6. The van der Waals surface area contributed by atoms with Crippen molar-refractivity contribution in [2.45, 2.75) is 31.6 Å². The number of carbonyl (C=O) groups is 3. The summed E-state index contributed by atoms with van der Waals surface area (Å²) in [5.74, 6) is -4.23. The fourth-order valence-electron chi connectivity index (χ4n) is 4.13. The van der Waals surface area contributed by atoms with Gasteiger partial charge in [-0.3, -0.25) is 9.78 Å². The van der Waals surface area contributed by atoms with Gasteiger partial charge in [-0.1, -0.05) is 12.5 Å². The lowest BCUT2D eigenvalue weighted by atomic mass is 9.81. The molecular formula is C23H23F6N3O6. The van der Waals surface area contributed by atoms with E-state index in [0.717, 1.165) is 19.5 Å². The standard InChI is InChI=1S/C19H21N3O2.2C2HF3O2/c23-18(15-6-10-20-11-7-15)22-12-16-4-3-8-19(16,13-22)14-24-17-5-1-2-9-21-17;2*3-2(4,5)1(6)7/h1-2,5-7,9-11,16H,3-4,8,12-14H2;2*(H,6,7)/t16-,19+;;/m1../s1. The Hall–Kier alpha value is -3.91. The van der Waals surface area contributed by atoms with E-state index >= 15 is 0 Å². The van der Waals surface area contributed by atoms with E-state index in [2.05, 4.69) is 9.97 Å². The number of halogens is 6. The van der Waals surface area contributed by atoms with Gasteiger partial charge in [-0.15, -0.1) is 0 Å². The van der Waals surface area contributed by atoms with Crippen LogP contribution in [0.25, 0.3) is 0 Å². The number of likely N-dealkylation sites (tertiary alicyclic amines) is 1. The molecule has 208 valence electrons. The van der Waals surface area contributed by atoms with Crippen molar-refractivity contribution in [3.63, 3.8) is 0 Å². The SMILES string of the molecule is O=C(O)C(F)(F)F.O=C(O)C(F)(F)F.O=C(c1ccncc1)N1C[C@H]2CCC[C@@]2(COc2ccccn2)C1. The van der Waals surface area contributed by atoms with Gasteiger partial charge in [0, 0.05) is 48.7 Å². The number of alkyl halides is 6. The normalized spacial score (nSPS) is 20.3. The molecule has 1 saturated carbocycles. The topological polar surface area (TPSA) is 130 Å². The molecule has 4 rings (SSSR count). The lowest BCUT2D eigenvalue weighted by molar-refractivity contribution is -0.193. The first-order valence-electron chi connectivity index (χ1n) is 11.0. The van der Waals surface area contributed by atoms with Crippen molar-refractivity contribution in [2.24, 2.45) is 11.3 Å². The molecule has 3 heterocycles. The second kappa shape index (κ2) is 12.6. The third-order valence-electron chi connectivity index (χ3n) is 5.88. The number of rotatable bonds is 4. The molecule has 1 saturated heterocycles. The molecular weight excluding hydrogens is 528 g/mol. The Morgan fingerprint density at radius 3 is 2.05 bits per heavy atom. The summed E-state index contributed by atoms with van der Waals surface area (Å²) in [4.78, 5) is 40.8.